The van der Waals surface area contributed by atoms with Gasteiger partial charge in [0.1, 0.15) is 18.7 Å². The van der Waals surface area contributed by atoms with Crippen LogP contribution in [-0.4, -0.2) is 86.6 Å². The third-order valence-corrected chi connectivity index (χ3v) is 6.25. The molecule has 37 heavy (non-hydrogen) atoms. The standard InChI is InChI=1S/C28H40N4O5/c1-5-23(29)18-37-20-26(33)31(3)25(19-36-17-22-14-10-7-11-15-22)28(35)32(4)24(27(34)30-2)16-21-12-8-6-9-13-21/h6-15,23-25H,5,16-20,29H2,1-4H3,(H,30,34)/t23?,24-,25-/m1/s1. The van der Waals surface area contributed by atoms with Crippen molar-refractivity contribution < 1.29 is 23.9 Å². The highest BCUT2D eigenvalue weighted by atomic mass is 16.5. The number of likely N-dealkylation sites (N-methyl/N-ethyl adjacent to an activating group) is 3. The third-order valence-electron chi connectivity index (χ3n) is 6.25. The molecule has 9 nitrogen and oxygen atoms in total. The van der Waals surface area contributed by atoms with E-state index in [0.29, 0.717) is 6.42 Å². The smallest absolute Gasteiger partial charge is 0.249 e. The Morgan fingerprint density at radius 2 is 1.46 bits per heavy atom. The minimum Gasteiger partial charge on any atom is -0.374 e. The van der Waals surface area contributed by atoms with E-state index in [9.17, 15) is 14.4 Å². The zero-order valence-electron chi connectivity index (χ0n) is 22.3. The Morgan fingerprint density at radius 1 is 0.865 bits per heavy atom. The van der Waals surface area contributed by atoms with Crippen LogP contribution >= 0.6 is 0 Å². The number of carbonyl (C=O) groups is 3. The van der Waals surface area contributed by atoms with E-state index in [-0.39, 0.29) is 44.3 Å². The topological polar surface area (TPSA) is 114 Å². The minimum atomic E-state index is -0.951. The molecule has 3 atom stereocenters. The van der Waals surface area contributed by atoms with E-state index >= 15 is 0 Å². The number of amides is 3. The molecule has 202 valence electrons. The molecule has 2 aromatic carbocycles. The van der Waals surface area contributed by atoms with Gasteiger partial charge >= 0.3 is 0 Å². The molecule has 9 heteroatoms. The predicted molar refractivity (Wildman–Crippen MR) is 143 cm³/mol. The quantitative estimate of drug-likeness (QED) is 0.375. The van der Waals surface area contributed by atoms with Crippen LogP contribution in [-0.2, 0) is 36.9 Å². The zero-order valence-corrected chi connectivity index (χ0v) is 22.3. The molecule has 0 bridgehead atoms. The molecule has 0 saturated heterocycles. The highest BCUT2D eigenvalue weighted by molar-refractivity contribution is 5.92. The van der Waals surface area contributed by atoms with Crippen LogP contribution in [0.25, 0.3) is 0 Å². The number of rotatable bonds is 15. The second kappa shape index (κ2) is 15.8. The van der Waals surface area contributed by atoms with Gasteiger partial charge in [0, 0.05) is 33.6 Å². The number of hydrogen-bond acceptors (Lipinski definition) is 6. The van der Waals surface area contributed by atoms with E-state index in [1.807, 2.05) is 67.6 Å². The van der Waals surface area contributed by atoms with Crippen molar-refractivity contribution in [2.75, 3.05) is 41.0 Å². The number of ether oxygens (including phenoxy) is 2. The highest BCUT2D eigenvalue weighted by Gasteiger charge is 2.35. The van der Waals surface area contributed by atoms with Gasteiger partial charge in [0.2, 0.25) is 17.7 Å². The van der Waals surface area contributed by atoms with Gasteiger partial charge in [-0.15, -0.1) is 0 Å². The van der Waals surface area contributed by atoms with Gasteiger partial charge in [-0.05, 0) is 17.5 Å². The lowest BCUT2D eigenvalue weighted by Crippen LogP contribution is -2.56. The van der Waals surface area contributed by atoms with Crippen molar-refractivity contribution in [3.05, 3.63) is 71.8 Å². The molecule has 3 N–H and O–H groups in total. The Balaban J connectivity index is 2.19. The van der Waals surface area contributed by atoms with Crippen molar-refractivity contribution in [3.63, 3.8) is 0 Å². The fourth-order valence-corrected chi connectivity index (χ4v) is 3.70. The van der Waals surface area contributed by atoms with Crippen LogP contribution in [0.3, 0.4) is 0 Å². The van der Waals surface area contributed by atoms with Gasteiger partial charge in [-0.3, -0.25) is 14.4 Å². The van der Waals surface area contributed by atoms with Crippen molar-refractivity contribution in [3.8, 4) is 0 Å². The Bertz CT molecular complexity index is 973. The molecule has 0 aromatic heterocycles. The molecule has 2 aromatic rings. The van der Waals surface area contributed by atoms with Gasteiger partial charge in [0.05, 0.1) is 19.8 Å². The van der Waals surface area contributed by atoms with E-state index in [0.717, 1.165) is 17.5 Å². The average Bonchev–Trinajstić information content (AvgIpc) is 2.93. The summed E-state index contributed by atoms with van der Waals surface area (Å²) in [6.07, 6.45) is 1.06. The third kappa shape index (κ3) is 9.60. The van der Waals surface area contributed by atoms with E-state index < -0.39 is 18.0 Å². The fraction of sp³-hybridized carbons (Fsp3) is 0.464. The predicted octanol–water partition coefficient (Wildman–Crippen LogP) is 1.60. The lowest BCUT2D eigenvalue weighted by atomic mass is 10.0. The second-order valence-electron chi connectivity index (χ2n) is 8.97. The number of benzene rings is 2. The Kier molecular flexibility index (Phi) is 12.8. The summed E-state index contributed by atoms with van der Waals surface area (Å²) in [5.74, 6) is -1.08. The summed E-state index contributed by atoms with van der Waals surface area (Å²) < 4.78 is 11.3. The SMILES string of the molecule is CCC(N)COCC(=O)N(C)[C@H](COCc1ccccc1)C(=O)N(C)[C@H](Cc1ccccc1)C(=O)NC. The molecule has 1 unspecified atom stereocenters. The van der Waals surface area contributed by atoms with Crippen molar-refractivity contribution in [2.24, 2.45) is 5.73 Å². The maximum Gasteiger partial charge on any atom is 0.249 e. The highest BCUT2D eigenvalue weighted by Crippen LogP contribution is 2.13. The lowest BCUT2D eigenvalue weighted by molar-refractivity contribution is -0.151. The Hall–Kier alpha value is -3.27. The molecule has 0 spiro atoms. The first-order valence-corrected chi connectivity index (χ1v) is 12.5. The fourth-order valence-electron chi connectivity index (χ4n) is 3.70. The van der Waals surface area contributed by atoms with Crippen molar-refractivity contribution in [1.29, 1.82) is 0 Å². The molecule has 2 rings (SSSR count). The van der Waals surface area contributed by atoms with Gasteiger partial charge in [0.25, 0.3) is 0 Å². The number of nitrogens with two attached hydrogens (primary N) is 1. The Morgan fingerprint density at radius 3 is 2.03 bits per heavy atom. The average molecular weight is 513 g/mol. The maximum absolute atomic E-state index is 13.7. The summed E-state index contributed by atoms with van der Waals surface area (Å²) in [7, 11) is 4.65. The molecule has 0 radical (unpaired) electrons. The summed E-state index contributed by atoms with van der Waals surface area (Å²) in [5, 5.41) is 2.64. The van der Waals surface area contributed by atoms with Crippen LogP contribution in [0.15, 0.2) is 60.7 Å². The first kappa shape index (κ1) is 30.0. The second-order valence-corrected chi connectivity index (χ2v) is 8.97. The normalized spacial score (nSPS) is 13.3. The van der Waals surface area contributed by atoms with E-state index in [2.05, 4.69) is 5.32 Å². The lowest BCUT2D eigenvalue weighted by Gasteiger charge is -2.34. The molecule has 0 aliphatic heterocycles. The van der Waals surface area contributed by atoms with Crippen LogP contribution in [0.1, 0.15) is 24.5 Å². The van der Waals surface area contributed by atoms with Crippen LogP contribution in [0, 0.1) is 0 Å². The Labute approximate surface area is 219 Å². The summed E-state index contributed by atoms with van der Waals surface area (Å²) in [6.45, 7) is 2.21. The summed E-state index contributed by atoms with van der Waals surface area (Å²) in [6, 6.07) is 17.1. The molecule has 0 aliphatic carbocycles. The first-order chi connectivity index (χ1) is 17.8. The van der Waals surface area contributed by atoms with Gasteiger partial charge in [-0.25, -0.2) is 0 Å². The van der Waals surface area contributed by atoms with Crippen LogP contribution in [0.4, 0.5) is 0 Å². The summed E-state index contributed by atoms with van der Waals surface area (Å²) in [5.41, 5.74) is 7.73. The maximum atomic E-state index is 13.7. The van der Waals surface area contributed by atoms with Crippen LogP contribution in [0.2, 0.25) is 0 Å². The van der Waals surface area contributed by atoms with Crippen LogP contribution in [0.5, 0.6) is 0 Å². The van der Waals surface area contributed by atoms with Gasteiger partial charge in [-0.2, -0.15) is 0 Å². The molecule has 0 heterocycles. The van der Waals surface area contributed by atoms with Gasteiger partial charge in [-0.1, -0.05) is 67.6 Å². The summed E-state index contributed by atoms with van der Waals surface area (Å²) >= 11 is 0. The number of hydrogen-bond donors (Lipinski definition) is 2. The molecular weight excluding hydrogens is 472 g/mol. The molecule has 0 fully saturated rings. The van der Waals surface area contributed by atoms with Crippen molar-refractivity contribution >= 4 is 17.7 Å². The number of nitrogens with zero attached hydrogens (tertiary/aromatic N) is 2. The molecule has 0 saturated carbocycles. The monoisotopic (exact) mass is 512 g/mol. The number of nitrogens with one attached hydrogen (secondary N) is 1. The van der Waals surface area contributed by atoms with Crippen molar-refractivity contribution in [1.82, 2.24) is 15.1 Å². The zero-order chi connectivity index (χ0) is 27.2. The minimum absolute atomic E-state index is 0.0411. The molecular formula is C28H40N4O5. The van der Waals surface area contributed by atoms with Gasteiger partial charge < -0.3 is 30.3 Å². The van der Waals surface area contributed by atoms with Gasteiger partial charge in [0.15, 0.2) is 0 Å². The molecule has 3 amide bonds. The van der Waals surface area contributed by atoms with E-state index in [4.69, 9.17) is 15.2 Å². The number of carbonyl (C=O) groups excluding carboxylic acids is 3. The van der Waals surface area contributed by atoms with E-state index in [1.165, 1.54) is 16.8 Å². The van der Waals surface area contributed by atoms with E-state index in [1.54, 1.807) is 14.1 Å². The molecule has 0 aliphatic rings. The summed E-state index contributed by atoms with van der Waals surface area (Å²) in [4.78, 5) is 42.1. The largest absolute Gasteiger partial charge is 0.374 e. The van der Waals surface area contributed by atoms with Crippen LogP contribution < -0.4 is 11.1 Å². The van der Waals surface area contributed by atoms with Crippen molar-refractivity contribution in [2.45, 2.75) is 44.5 Å². The first-order valence-electron chi connectivity index (χ1n) is 12.5.